The lowest BCUT2D eigenvalue weighted by molar-refractivity contribution is 0.406. The van der Waals surface area contributed by atoms with E-state index in [9.17, 15) is 0 Å². The summed E-state index contributed by atoms with van der Waals surface area (Å²) in [6.07, 6.45) is 4.10. The summed E-state index contributed by atoms with van der Waals surface area (Å²) in [6, 6.07) is 0. The van der Waals surface area contributed by atoms with Crippen LogP contribution in [0.3, 0.4) is 0 Å². The lowest BCUT2D eigenvalue weighted by Crippen LogP contribution is -2.10. The first-order chi connectivity index (χ1) is 4.77. The summed E-state index contributed by atoms with van der Waals surface area (Å²) in [5, 5.41) is 0. The van der Waals surface area contributed by atoms with Crippen LogP contribution in [0.15, 0.2) is 0 Å². The summed E-state index contributed by atoms with van der Waals surface area (Å²) in [5.74, 6) is 2.73. The van der Waals surface area contributed by atoms with Crippen LogP contribution in [-0.4, -0.2) is 6.54 Å². The van der Waals surface area contributed by atoms with Crippen molar-refractivity contribution in [3.63, 3.8) is 0 Å². The van der Waals surface area contributed by atoms with Crippen molar-refractivity contribution in [2.75, 3.05) is 6.54 Å². The van der Waals surface area contributed by atoms with E-state index in [0.29, 0.717) is 0 Å². The molecule has 0 radical (unpaired) electrons. The van der Waals surface area contributed by atoms with Gasteiger partial charge in [-0.3, -0.25) is 0 Å². The largest absolute Gasteiger partial charge is 0.330 e. The SMILES string of the molecule is CCC1CC(CN)CC1C. The van der Waals surface area contributed by atoms with Gasteiger partial charge in [-0.2, -0.15) is 0 Å². The lowest BCUT2D eigenvalue weighted by atomic mass is 9.96. The molecule has 0 spiro atoms. The van der Waals surface area contributed by atoms with Gasteiger partial charge in [-0.05, 0) is 37.1 Å². The lowest BCUT2D eigenvalue weighted by Gasteiger charge is -2.10. The third-order valence-corrected chi connectivity index (χ3v) is 3.00. The van der Waals surface area contributed by atoms with E-state index in [4.69, 9.17) is 5.73 Å². The minimum atomic E-state index is 0.833. The van der Waals surface area contributed by atoms with Gasteiger partial charge in [-0.1, -0.05) is 20.3 Å². The molecule has 0 amide bonds. The molecule has 1 nitrogen and oxygen atoms in total. The van der Waals surface area contributed by atoms with Crippen LogP contribution in [0.2, 0.25) is 0 Å². The highest BCUT2D eigenvalue weighted by Gasteiger charge is 2.28. The standard InChI is InChI=1S/C9H19N/c1-3-9-5-8(6-10)4-7(9)2/h7-9H,3-6,10H2,1-2H3. The van der Waals surface area contributed by atoms with E-state index < -0.39 is 0 Å². The summed E-state index contributed by atoms with van der Waals surface area (Å²) < 4.78 is 0. The van der Waals surface area contributed by atoms with Gasteiger partial charge >= 0.3 is 0 Å². The molecule has 1 rings (SSSR count). The molecule has 1 saturated carbocycles. The maximum Gasteiger partial charge on any atom is -0.00487 e. The van der Waals surface area contributed by atoms with Crippen LogP contribution in [-0.2, 0) is 0 Å². The Morgan fingerprint density at radius 2 is 2.10 bits per heavy atom. The molecule has 0 heterocycles. The molecule has 3 unspecified atom stereocenters. The third-order valence-electron chi connectivity index (χ3n) is 3.00. The maximum absolute atomic E-state index is 5.61. The van der Waals surface area contributed by atoms with Crippen molar-refractivity contribution in [1.29, 1.82) is 0 Å². The molecule has 1 fully saturated rings. The van der Waals surface area contributed by atoms with E-state index in [1.807, 2.05) is 0 Å². The molecular weight excluding hydrogens is 122 g/mol. The van der Waals surface area contributed by atoms with Crippen LogP contribution in [0.4, 0.5) is 0 Å². The molecule has 10 heavy (non-hydrogen) atoms. The first-order valence-corrected chi connectivity index (χ1v) is 4.48. The minimum absolute atomic E-state index is 0.833. The van der Waals surface area contributed by atoms with Gasteiger partial charge in [0.15, 0.2) is 0 Å². The molecule has 0 saturated heterocycles. The molecule has 0 aromatic carbocycles. The highest BCUT2D eigenvalue weighted by atomic mass is 14.6. The predicted octanol–water partition coefficient (Wildman–Crippen LogP) is 2.02. The van der Waals surface area contributed by atoms with Crippen LogP contribution in [0.25, 0.3) is 0 Å². The van der Waals surface area contributed by atoms with E-state index in [2.05, 4.69) is 13.8 Å². The van der Waals surface area contributed by atoms with Crippen LogP contribution in [0.1, 0.15) is 33.1 Å². The van der Waals surface area contributed by atoms with Gasteiger partial charge in [0.25, 0.3) is 0 Å². The molecule has 0 aromatic rings. The zero-order valence-electron chi connectivity index (χ0n) is 7.14. The Labute approximate surface area is 64.0 Å². The second-order valence-electron chi connectivity index (χ2n) is 3.72. The fraction of sp³-hybridized carbons (Fsp3) is 1.00. The van der Waals surface area contributed by atoms with Gasteiger partial charge in [0.2, 0.25) is 0 Å². The second kappa shape index (κ2) is 3.38. The Kier molecular flexibility index (Phi) is 2.72. The fourth-order valence-electron chi connectivity index (χ4n) is 2.24. The molecule has 1 aliphatic carbocycles. The van der Waals surface area contributed by atoms with E-state index in [0.717, 1.165) is 24.3 Å². The van der Waals surface area contributed by atoms with Gasteiger partial charge < -0.3 is 5.73 Å². The van der Waals surface area contributed by atoms with Crippen molar-refractivity contribution in [3.05, 3.63) is 0 Å². The van der Waals surface area contributed by atoms with Gasteiger partial charge in [0, 0.05) is 0 Å². The summed E-state index contributed by atoms with van der Waals surface area (Å²) >= 11 is 0. The molecular formula is C9H19N. The Hall–Kier alpha value is -0.0400. The van der Waals surface area contributed by atoms with Crippen LogP contribution >= 0.6 is 0 Å². The Bertz CT molecular complexity index is 101. The average molecular weight is 141 g/mol. The molecule has 60 valence electrons. The monoisotopic (exact) mass is 141 g/mol. The van der Waals surface area contributed by atoms with Crippen molar-refractivity contribution < 1.29 is 0 Å². The van der Waals surface area contributed by atoms with Gasteiger partial charge in [0.1, 0.15) is 0 Å². The van der Waals surface area contributed by atoms with Gasteiger partial charge in [-0.25, -0.2) is 0 Å². The molecule has 2 N–H and O–H groups in total. The molecule has 0 bridgehead atoms. The first kappa shape index (κ1) is 8.06. The maximum atomic E-state index is 5.61. The minimum Gasteiger partial charge on any atom is -0.330 e. The average Bonchev–Trinajstić information content (AvgIpc) is 2.30. The Balaban J connectivity index is 2.36. The molecule has 3 atom stereocenters. The molecule has 1 aliphatic rings. The summed E-state index contributed by atoms with van der Waals surface area (Å²) in [6.45, 7) is 5.56. The Morgan fingerprint density at radius 3 is 2.40 bits per heavy atom. The van der Waals surface area contributed by atoms with Crippen molar-refractivity contribution in [3.8, 4) is 0 Å². The molecule has 0 aliphatic heterocycles. The van der Waals surface area contributed by atoms with E-state index in [1.165, 1.54) is 19.3 Å². The zero-order chi connectivity index (χ0) is 7.56. The van der Waals surface area contributed by atoms with Crippen LogP contribution < -0.4 is 5.73 Å². The third kappa shape index (κ3) is 1.51. The van der Waals surface area contributed by atoms with Crippen LogP contribution in [0.5, 0.6) is 0 Å². The normalized spacial score (nSPS) is 40.5. The summed E-state index contributed by atoms with van der Waals surface area (Å²) in [7, 11) is 0. The predicted molar refractivity (Wildman–Crippen MR) is 44.7 cm³/mol. The quantitative estimate of drug-likeness (QED) is 0.625. The number of nitrogens with two attached hydrogens (primary N) is 1. The van der Waals surface area contributed by atoms with Crippen molar-refractivity contribution in [1.82, 2.24) is 0 Å². The highest BCUT2D eigenvalue weighted by Crippen LogP contribution is 2.37. The summed E-state index contributed by atoms with van der Waals surface area (Å²) in [4.78, 5) is 0. The van der Waals surface area contributed by atoms with Gasteiger partial charge in [-0.15, -0.1) is 0 Å². The van der Waals surface area contributed by atoms with Crippen molar-refractivity contribution in [2.24, 2.45) is 23.5 Å². The Morgan fingerprint density at radius 1 is 1.40 bits per heavy atom. The summed E-state index contributed by atoms with van der Waals surface area (Å²) in [5.41, 5.74) is 5.61. The van der Waals surface area contributed by atoms with E-state index >= 15 is 0 Å². The molecule has 1 heteroatoms. The number of hydrogen-bond acceptors (Lipinski definition) is 1. The van der Waals surface area contributed by atoms with Gasteiger partial charge in [0.05, 0.1) is 0 Å². The second-order valence-corrected chi connectivity index (χ2v) is 3.72. The van der Waals surface area contributed by atoms with Crippen molar-refractivity contribution >= 4 is 0 Å². The smallest absolute Gasteiger partial charge is 0.00487 e. The topological polar surface area (TPSA) is 26.0 Å². The van der Waals surface area contributed by atoms with E-state index in [-0.39, 0.29) is 0 Å². The van der Waals surface area contributed by atoms with Crippen molar-refractivity contribution in [2.45, 2.75) is 33.1 Å². The zero-order valence-corrected chi connectivity index (χ0v) is 7.14. The number of hydrogen-bond donors (Lipinski definition) is 1. The number of rotatable bonds is 2. The highest BCUT2D eigenvalue weighted by molar-refractivity contribution is 4.80. The van der Waals surface area contributed by atoms with Crippen LogP contribution in [0, 0.1) is 17.8 Å². The molecule has 0 aromatic heterocycles. The van der Waals surface area contributed by atoms with E-state index in [1.54, 1.807) is 0 Å². The fourth-order valence-corrected chi connectivity index (χ4v) is 2.24. The first-order valence-electron chi connectivity index (χ1n) is 4.48.